The zero-order valence-corrected chi connectivity index (χ0v) is 10.9. The summed E-state index contributed by atoms with van der Waals surface area (Å²) < 4.78 is 0. The number of hydrogen-bond acceptors (Lipinski definition) is 1. The first-order valence-electron chi connectivity index (χ1n) is 5.29. The standard InChI is InChI=1S/C13H21N.ClH/c1-5-10-6-8-11(9-7-10)12(14)13(2,3)4;/h6-9,12H,5,14H2,1-4H3;1H/t12-;/m1./s1. The Morgan fingerprint density at radius 1 is 1.13 bits per heavy atom. The van der Waals surface area contributed by atoms with Gasteiger partial charge < -0.3 is 5.73 Å². The van der Waals surface area contributed by atoms with E-state index in [2.05, 4.69) is 52.0 Å². The molecule has 2 heteroatoms. The maximum atomic E-state index is 6.16. The van der Waals surface area contributed by atoms with Crippen LogP contribution < -0.4 is 5.73 Å². The molecule has 1 aromatic rings. The summed E-state index contributed by atoms with van der Waals surface area (Å²) in [6, 6.07) is 8.75. The van der Waals surface area contributed by atoms with Gasteiger partial charge in [0, 0.05) is 6.04 Å². The van der Waals surface area contributed by atoms with Crippen molar-refractivity contribution in [1.29, 1.82) is 0 Å². The lowest BCUT2D eigenvalue weighted by Gasteiger charge is -2.27. The highest BCUT2D eigenvalue weighted by Crippen LogP contribution is 2.30. The van der Waals surface area contributed by atoms with Crippen molar-refractivity contribution < 1.29 is 0 Å². The van der Waals surface area contributed by atoms with Crippen LogP contribution in [0.2, 0.25) is 0 Å². The van der Waals surface area contributed by atoms with Gasteiger partial charge in [-0.3, -0.25) is 0 Å². The van der Waals surface area contributed by atoms with Crippen molar-refractivity contribution in [3.8, 4) is 0 Å². The molecule has 0 heterocycles. The third-order valence-corrected chi connectivity index (χ3v) is 2.68. The summed E-state index contributed by atoms with van der Waals surface area (Å²) in [6.45, 7) is 8.68. The molecule has 15 heavy (non-hydrogen) atoms. The number of aryl methyl sites for hydroxylation is 1. The molecular weight excluding hydrogens is 206 g/mol. The van der Waals surface area contributed by atoms with E-state index >= 15 is 0 Å². The lowest BCUT2D eigenvalue weighted by molar-refractivity contribution is 0.327. The van der Waals surface area contributed by atoms with Crippen LogP contribution in [-0.4, -0.2) is 0 Å². The minimum Gasteiger partial charge on any atom is -0.324 e. The second-order valence-corrected chi connectivity index (χ2v) is 4.94. The Hall–Kier alpha value is -0.530. The monoisotopic (exact) mass is 227 g/mol. The largest absolute Gasteiger partial charge is 0.324 e. The number of nitrogens with two attached hydrogens (primary N) is 1. The molecule has 0 bridgehead atoms. The van der Waals surface area contributed by atoms with E-state index < -0.39 is 0 Å². The van der Waals surface area contributed by atoms with E-state index in [0.29, 0.717) is 0 Å². The molecule has 2 N–H and O–H groups in total. The average Bonchev–Trinajstić information content (AvgIpc) is 2.15. The Labute approximate surface area is 99.5 Å². The van der Waals surface area contributed by atoms with Gasteiger partial charge >= 0.3 is 0 Å². The molecule has 0 fully saturated rings. The number of hydrogen-bond donors (Lipinski definition) is 1. The van der Waals surface area contributed by atoms with Crippen LogP contribution in [0.15, 0.2) is 24.3 Å². The van der Waals surface area contributed by atoms with Gasteiger partial charge in [0.05, 0.1) is 0 Å². The summed E-state index contributed by atoms with van der Waals surface area (Å²) in [4.78, 5) is 0. The van der Waals surface area contributed by atoms with Crippen LogP contribution in [0.3, 0.4) is 0 Å². The number of halogens is 1. The van der Waals surface area contributed by atoms with Crippen molar-refractivity contribution in [2.24, 2.45) is 11.1 Å². The average molecular weight is 228 g/mol. The lowest BCUT2D eigenvalue weighted by Crippen LogP contribution is -2.26. The summed E-state index contributed by atoms with van der Waals surface area (Å²) in [5, 5.41) is 0. The predicted molar refractivity (Wildman–Crippen MR) is 69.5 cm³/mol. The van der Waals surface area contributed by atoms with Gasteiger partial charge in [-0.05, 0) is 23.0 Å². The van der Waals surface area contributed by atoms with E-state index in [1.807, 2.05) is 0 Å². The maximum Gasteiger partial charge on any atom is 0.0344 e. The molecule has 0 spiro atoms. The first-order chi connectivity index (χ1) is 6.45. The van der Waals surface area contributed by atoms with E-state index in [9.17, 15) is 0 Å². The molecule has 0 radical (unpaired) electrons. The first-order valence-corrected chi connectivity index (χ1v) is 5.29. The van der Waals surface area contributed by atoms with Crippen molar-refractivity contribution in [1.82, 2.24) is 0 Å². The molecule has 0 aliphatic heterocycles. The molecule has 86 valence electrons. The van der Waals surface area contributed by atoms with E-state index in [1.165, 1.54) is 11.1 Å². The molecule has 0 saturated carbocycles. The third-order valence-electron chi connectivity index (χ3n) is 2.68. The van der Waals surface area contributed by atoms with Crippen molar-refractivity contribution >= 4 is 12.4 Å². The molecule has 1 rings (SSSR count). The minimum atomic E-state index is 0. The maximum absolute atomic E-state index is 6.16. The van der Waals surface area contributed by atoms with Crippen LogP contribution in [0.25, 0.3) is 0 Å². The van der Waals surface area contributed by atoms with Gasteiger partial charge in [-0.25, -0.2) is 0 Å². The van der Waals surface area contributed by atoms with Crippen LogP contribution in [0, 0.1) is 5.41 Å². The highest BCUT2D eigenvalue weighted by molar-refractivity contribution is 5.85. The Kier molecular flexibility index (Phi) is 5.33. The summed E-state index contributed by atoms with van der Waals surface area (Å²) in [5.74, 6) is 0. The van der Waals surface area contributed by atoms with Crippen LogP contribution in [0.5, 0.6) is 0 Å². The number of benzene rings is 1. The Morgan fingerprint density at radius 3 is 1.93 bits per heavy atom. The molecule has 1 aromatic carbocycles. The van der Waals surface area contributed by atoms with Crippen LogP contribution in [0.1, 0.15) is 44.9 Å². The highest BCUT2D eigenvalue weighted by Gasteiger charge is 2.21. The molecule has 1 nitrogen and oxygen atoms in total. The van der Waals surface area contributed by atoms with Gasteiger partial charge in [0.25, 0.3) is 0 Å². The molecular formula is C13H22ClN. The molecule has 0 unspecified atom stereocenters. The summed E-state index contributed by atoms with van der Waals surface area (Å²) in [6.07, 6.45) is 1.09. The zero-order valence-electron chi connectivity index (χ0n) is 10.1. The molecule has 1 atom stereocenters. The molecule has 0 aliphatic rings. The third kappa shape index (κ3) is 3.84. The lowest BCUT2D eigenvalue weighted by atomic mass is 9.83. The van der Waals surface area contributed by atoms with Crippen molar-refractivity contribution in [3.63, 3.8) is 0 Å². The molecule has 0 amide bonds. The summed E-state index contributed by atoms with van der Waals surface area (Å²) in [5.41, 5.74) is 8.90. The van der Waals surface area contributed by atoms with Crippen LogP contribution in [0.4, 0.5) is 0 Å². The van der Waals surface area contributed by atoms with Crippen LogP contribution >= 0.6 is 12.4 Å². The second kappa shape index (κ2) is 5.53. The van der Waals surface area contributed by atoms with Crippen LogP contribution in [-0.2, 0) is 6.42 Å². The van der Waals surface area contributed by atoms with Crippen molar-refractivity contribution in [3.05, 3.63) is 35.4 Å². The zero-order chi connectivity index (χ0) is 10.8. The van der Waals surface area contributed by atoms with Gasteiger partial charge in [-0.2, -0.15) is 0 Å². The summed E-state index contributed by atoms with van der Waals surface area (Å²) >= 11 is 0. The first kappa shape index (κ1) is 14.5. The Balaban J connectivity index is 0.00000196. The van der Waals surface area contributed by atoms with E-state index in [-0.39, 0.29) is 23.9 Å². The number of rotatable bonds is 2. The predicted octanol–water partition coefficient (Wildman–Crippen LogP) is 3.72. The topological polar surface area (TPSA) is 26.0 Å². The van der Waals surface area contributed by atoms with E-state index in [1.54, 1.807) is 0 Å². The fourth-order valence-electron chi connectivity index (χ4n) is 1.46. The minimum absolute atomic E-state index is 0. The van der Waals surface area contributed by atoms with Gasteiger partial charge in [0.1, 0.15) is 0 Å². The summed E-state index contributed by atoms with van der Waals surface area (Å²) in [7, 11) is 0. The molecule has 0 aliphatic carbocycles. The Bertz CT molecular complexity index is 284. The van der Waals surface area contributed by atoms with Gasteiger partial charge in [-0.15, -0.1) is 12.4 Å². The van der Waals surface area contributed by atoms with Gasteiger partial charge in [-0.1, -0.05) is 52.0 Å². The SMILES string of the molecule is CCc1ccc([C@@H](N)C(C)(C)C)cc1.Cl. The fourth-order valence-corrected chi connectivity index (χ4v) is 1.46. The normalized spacial score (nSPS) is 13.1. The quantitative estimate of drug-likeness (QED) is 0.819. The highest BCUT2D eigenvalue weighted by atomic mass is 35.5. The fraction of sp³-hybridized carbons (Fsp3) is 0.538. The van der Waals surface area contributed by atoms with Gasteiger partial charge in [0.15, 0.2) is 0 Å². The molecule has 0 saturated heterocycles. The van der Waals surface area contributed by atoms with Crippen molar-refractivity contribution in [2.45, 2.75) is 40.2 Å². The van der Waals surface area contributed by atoms with E-state index in [0.717, 1.165) is 6.42 Å². The Morgan fingerprint density at radius 2 is 1.60 bits per heavy atom. The van der Waals surface area contributed by atoms with E-state index in [4.69, 9.17) is 5.73 Å². The smallest absolute Gasteiger partial charge is 0.0344 e. The molecule has 0 aromatic heterocycles. The van der Waals surface area contributed by atoms with Crippen molar-refractivity contribution in [2.75, 3.05) is 0 Å². The second-order valence-electron chi connectivity index (χ2n) is 4.94. The van der Waals surface area contributed by atoms with Gasteiger partial charge in [0.2, 0.25) is 0 Å².